The zero-order valence-corrected chi connectivity index (χ0v) is 9.25. The smallest absolute Gasteiger partial charge is 0.148 e. The van der Waals surface area contributed by atoms with Crippen LogP contribution in [0.15, 0.2) is 6.20 Å². The Morgan fingerprint density at radius 1 is 1.57 bits per heavy atom. The fourth-order valence-electron chi connectivity index (χ4n) is 2.53. The minimum atomic E-state index is 0.554. The molecule has 0 aromatic carbocycles. The largest absolute Gasteiger partial charge is 0.382 e. The van der Waals surface area contributed by atoms with Gasteiger partial charge in [0.25, 0.3) is 0 Å². The highest BCUT2D eigenvalue weighted by molar-refractivity contribution is 5.35. The number of nitrogens with two attached hydrogens (primary N) is 1. The summed E-state index contributed by atoms with van der Waals surface area (Å²) in [5.41, 5.74) is 7.34. The van der Waals surface area contributed by atoms with E-state index in [0.29, 0.717) is 11.2 Å². The molecule has 1 aliphatic carbocycles. The molecule has 0 radical (unpaired) electrons. The van der Waals surface area contributed by atoms with Crippen molar-refractivity contribution in [2.24, 2.45) is 11.3 Å². The fraction of sp³-hybridized carbons (Fsp3) is 0.727. The van der Waals surface area contributed by atoms with Crippen LogP contribution in [0.5, 0.6) is 0 Å². The van der Waals surface area contributed by atoms with Gasteiger partial charge in [-0.15, -0.1) is 0 Å². The van der Waals surface area contributed by atoms with Gasteiger partial charge >= 0.3 is 0 Å². The van der Waals surface area contributed by atoms with Crippen molar-refractivity contribution in [3.05, 3.63) is 11.8 Å². The van der Waals surface area contributed by atoms with Gasteiger partial charge < -0.3 is 5.73 Å². The van der Waals surface area contributed by atoms with Crippen LogP contribution in [-0.2, 0) is 6.54 Å². The van der Waals surface area contributed by atoms with Crippen LogP contribution in [0.3, 0.4) is 0 Å². The van der Waals surface area contributed by atoms with Gasteiger partial charge in [0.05, 0.1) is 0 Å². The molecule has 1 heterocycles. The zero-order chi connectivity index (χ0) is 10.3. The van der Waals surface area contributed by atoms with Crippen LogP contribution in [0.2, 0.25) is 0 Å². The van der Waals surface area contributed by atoms with Crippen molar-refractivity contribution in [3.63, 3.8) is 0 Å². The van der Waals surface area contributed by atoms with Crippen molar-refractivity contribution in [1.29, 1.82) is 0 Å². The summed E-state index contributed by atoms with van der Waals surface area (Å²) in [6.45, 7) is 7.68. The summed E-state index contributed by atoms with van der Waals surface area (Å²) in [6, 6.07) is 0. The summed E-state index contributed by atoms with van der Waals surface area (Å²) < 4.78 is 1.99. The second-order valence-corrected chi connectivity index (χ2v) is 5.36. The van der Waals surface area contributed by atoms with Gasteiger partial charge in [-0.3, -0.25) is 4.68 Å². The standard InChI is InChI=1S/C11H19N3/c1-8-6-14(13-10(8)12)7-9-4-11(2,3)5-9/h6,9H,4-5,7H2,1-3H3,(H2,12,13). The molecular formula is C11H19N3. The van der Waals surface area contributed by atoms with Gasteiger partial charge in [0.1, 0.15) is 5.82 Å². The van der Waals surface area contributed by atoms with E-state index in [1.807, 2.05) is 17.8 Å². The summed E-state index contributed by atoms with van der Waals surface area (Å²) in [6.07, 6.45) is 4.66. The second kappa shape index (κ2) is 3.01. The zero-order valence-electron chi connectivity index (χ0n) is 9.25. The Hall–Kier alpha value is -0.990. The van der Waals surface area contributed by atoms with Crippen molar-refractivity contribution in [1.82, 2.24) is 9.78 Å². The van der Waals surface area contributed by atoms with Gasteiger partial charge in [0, 0.05) is 18.3 Å². The minimum absolute atomic E-state index is 0.554. The van der Waals surface area contributed by atoms with Gasteiger partial charge in [-0.2, -0.15) is 5.10 Å². The predicted molar refractivity (Wildman–Crippen MR) is 57.9 cm³/mol. The molecule has 0 unspecified atom stereocenters. The highest BCUT2D eigenvalue weighted by atomic mass is 15.3. The molecule has 3 heteroatoms. The Kier molecular flexibility index (Phi) is 2.05. The first kappa shape index (κ1) is 9.56. The lowest BCUT2D eigenvalue weighted by atomic mass is 9.64. The SMILES string of the molecule is Cc1cn(CC2CC(C)(C)C2)nc1N. The van der Waals surface area contributed by atoms with Gasteiger partial charge in [-0.05, 0) is 31.1 Å². The lowest BCUT2D eigenvalue weighted by Crippen LogP contribution is -2.34. The number of anilines is 1. The van der Waals surface area contributed by atoms with E-state index in [0.717, 1.165) is 18.0 Å². The third-order valence-electron chi connectivity index (χ3n) is 3.11. The fourth-order valence-corrected chi connectivity index (χ4v) is 2.53. The molecule has 0 saturated heterocycles. The lowest BCUT2D eigenvalue weighted by Gasteiger charge is -2.42. The second-order valence-electron chi connectivity index (χ2n) is 5.36. The van der Waals surface area contributed by atoms with Crippen molar-refractivity contribution in [2.45, 2.75) is 40.2 Å². The Labute approximate surface area is 85.3 Å². The maximum atomic E-state index is 5.70. The van der Waals surface area contributed by atoms with Crippen LogP contribution >= 0.6 is 0 Å². The summed E-state index contributed by atoms with van der Waals surface area (Å²) >= 11 is 0. The maximum absolute atomic E-state index is 5.70. The highest BCUT2D eigenvalue weighted by Crippen LogP contribution is 2.45. The molecule has 0 spiro atoms. The van der Waals surface area contributed by atoms with Crippen molar-refractivity contribution in [2.75, 3.05) is 5.73 Å². The molecule has 2 rings (SSSR count). The molecule has 0 atom stereocenters. The first-order valence-corrected chi connectivity index (χ1v) is 5.26. The van der Waals surface area contributed by atoms with E-state index in [1.165, 1.54) is 12.8 Å². The topological polar surface area (TPSA) is 43.8 Å². The first-order chi connectivity index (χ1) is 6.46. The van der Waals surface area contributed by atoms with Crippen molar-refractivity contribution < 1.29 is 0 Å². The molecule has 0 aliphatic heterocycles. The van der Waals surface area contributed by atoms with E-state index in [9.17, 15) is 0 Å². The number of aromatic nitrogens is 2. The van der Waals surface area contributed by atoms with Crippen LogP contribution in [0, 0.1) is 18.3 Å². The first-order valence-electron chi connectivity index (χ1n) is 5.26. The van der Waals surface area contributed by atoms with E-state index in [1.54, 1.807) is 0 Å². The number of rotatable bonds is 2. The molecule has 3 nitrogen and oxygen atoms in total. The van der Waals surface area contributed by atoms with Gasteiger partial charge in [0.15, 0.2) is 0 Å². The summed E-state index contributed by atoms with van der Waals surface area (Å²) in [4.78, 5) is 0. The van der Waals surface area contributed by atoms with Crippen molar-refractivity contribution >= 4 is 5.82 Å². The quantitative estimate of drug-likeness (QED) is 0.782. The number of nitrogen functional groups attached to an aromatic ring is 1. The molecule has 78 valence electrons. The molecule has 1 fully saturated rings. The Balaban J connectivity index is 1.93. The number of aryl methyl sites for hydroxylation is 1. The number of hydrogen-bond donors (Lipinski definition) is 1. The Morgan fingerprint density at radius 2 is 2.21 bits per heavy atom. The van der Waals surface area contributed by atoms with E-state index >= 15 is 0 Å². The minimum Gasteiger partial charge on any atom is -0.382 e. The average Bonchev–Trinajstić information content (AvgIpc) is 2.27. The van der Waals surface area contributed by atoms with E-state index in [4.69, 9.17) is 5.73 Å². The Bertz CT molecular complexity index is 311. The number of hydrogen-bond acceptors (Lipinski definition) is 2. The van der Waals surface area contributed by atoms with Crippen LogP contribution in [0.4, 0.5) is 5.82 Å². The Morgan fingerprint density at radius 3 is 2.64 bits per heavy atom. The number of nitrogens with zero attached hydrogens (tertiary/aromatic N) is 2. The molecule has 1 aliphatic rings. The van der Waals surface area contributed by atoms with Gasteiger partial charge in [0.2, 0.25) is 0 Å². The maximum Gasteiger partial charge on any atom is 0.148 e. The normalized spacial score (nSPS) is 20.8. The van der Waals surface area contributed by atoms with Gasteiger partial charge in [-0.1, -0.05) is 13.8 Å². The summed E-state index contributed by atoms with van der Waals surface area (Å²) in [5.74, 6) is 1.47. The third kappa shape index (κ3) is 1.76. The van der Waals surface area contributed by atoms with E-state index in [2.05, 4.69) is 18.9 Å². The molecule has 0 bridgehead atoms. The van der Waals surface area contributed by atoms with Crippen molar-refractivity contribution in [3.8, 4) is 0 Å². The highest BCUT2D eigenvalue weighted by Gasteiger charge is 2.35. The monoisotopic (exact) mass is 193 g/mol. The predicted octanol–water partition coefficient (Wildman–Crippen LogP) is 2.21. The molecule has 2 N–H and O–H groups in total. The van der Waals surface area contributed by atoms with Crippen LogP contribution in [0.1, 0.15) is 32.3 Å². The lowest BCUT2D eigenvalue weighted by molar-refractivity contribution is 0.0800. The molecular weight excluding hydrogens is 174 g/mol. The molecule has 1 aromatic heterocycles. The molecule has 14 heavy (non-hydrogen) atoms. The summed E-state index contributed by atoms with van der Waals surface area (Å²) in [5, 5.41) is 4.27. The van der Waals surface area contributed by atoms with E-state index in [-0.39, 0.29) is 0 Å². The molecule has 0 amide bonds. The molecule has 1 saturated carbocycles. The van der Waals surface area contributed by atoms with Crippen LogP contribution in [-0.4, -0.2) is 9.78 Å². The third-order valence-corrected chi connectivity index (χ3v) is 3.11. The van der Waals surface area contributed by atoms with Gasteiger partial charge in [-0.25, -0.2) is 0 Å². The molecule has 1 aromatic rings. The van der Waals surface area contributed by atoms with Crippen LogP contribution < -0.4 is 5.73 Å². The summed E-state index contributed by atoms with van der Waals surface area (Å²) in [7, 11) is 0. The average molecular weight is 193 g/mol. The van der Waals surface area contributed by atoms with Crippen LogP contribution in [0.25, 0.3) is 0 Å². The van der Waals surface area contributed by atoms with E-state index < -0.39 is 0 Å².